The lowest BCUT2D eigenvalue weighted by atomic mass is 10.4. The molecule has 0 amide bonds. The molecule has 0 saturated carbocycles. The summed E-state index contributed by atoms with van der Waals surface area (Å²) in [5, 5.41) is 0. The first kappa shape index (κ1) is 14.3. The Balaban J connectivity index is 1.83. The molecule has 0 aliphatic rings. The van der Waals surface area contributed by atoms with E-state index < -0.39 is 11.2 Å². The quantitative estimate of drug-likeness (QED) is 0.633. The van der Waals surface area contributed by atoms with Gasteiger partial charge in [-0.2, -0.15) is 0 Å². The van der Waals surface area contributed by atoms with Crippen LogP contribution in [0.2, 0.25) is 0 Å². The van der Waals surface area contributed by atoms with Crippen LogP contribution < -0.4 is 0 Å². The fraction of sp³-hybridized carbons (Fsp3) is 0. The van der Waals surface area contributed by atoms with Gasteiger partial charge in [-0.05, 0) is 36.4 Å². The van der Waals surface area contributed by atoms with Gasteiger partial charge in [-0.15, -0.1) is 0 Å². The van der Waals surface area contributed by atoms with E-state index in [1.54, 1.807) is 11.8 Å². The highest BCUT2D eigenvalue weighted by Gasteiger charge is 2.14. The molecule has 0 aliphatic carbocycles. The minimum atomic E-state index is -1.13. The molecule has 1 nitrogen and oxygen atoms in total. The molecular formula is C18H14OS2. The lowest BCUT2D eigenvalue weighted by molar-refractivity contribution is 0.595. The second-order valence-electron chi connectivity index (χ2n) is 4.47. The van der Waals surface area contributed by atoms with Crippen LogP contribution in [0.3, 0.4) is 0 Å². The predicted molar refractivity (Wildman–Crippen MR) is 88.1 cm³/mol. The fourth-order valence-electron chi connectivity index (χ4n) is 1.96. The summed E-state index contributed by atoms with van der Waals surface area (Å²) in [6, 6.07) is 27.7. The Labute approximate surface area is 132 Å². The number of rotatable bonds is 4. The second-order valence-corrected chi connectivity index (χ2v) is 7.10. The standard InChI is InChI=1S/C18H14OS2/c19-21(17-11-5-2-6-12-17)18-13-7-10-16(14-18)20-15-8-3-1-4-9-15/h1-14H. The molecule has 0 spiro atoms. The average molecular weight is 310 g/mol. The van der Waals surface area contributed by atoms with Gasteiger partial charge in [0, 0.05) is 27.0 Å². The third-order valence-electron chi connectivity index (χ3n) is 2.96. The summed E-state index contributed by atoms with van der Waals surface area (Å²) in [6.07, 6.45) is 0. The van der Waals surface area contributed by atoms with Crippen molar-refractivity contribution in [3.63, 3.8) is 0 Å². The van der Waals surface area contributed by atoms with Crippen molar-refractivity contribution in [3.8, 4) is 0 Å². The molecule has 0 heterocycles. The zero-order chi connectivity index (χ0) is 14.5. The first-order chi connectivity index (χ1) is 10.3. The maximum atomic E-state index is 12.6. The largest absolute Gasteiger partial charge is 0.606 e. The summed E-state index contributed by atoms with van der Waals surface area (Å²) < 4.78 is 12.6. The molecule has 3 heteroatoms. The molecular weight excluding hydrogens is 296 g/mol. The zero-order valence-electron chi connectivity index (χ0n) is 11.3. The van der Waals surface area contributed by atoms with Gasteiger partial charge < -0.3 is 4.55 Å². The Morgan fingerprint density at radius 3 is 1.90 bits per heavy atom. The number of hydrogen-bond donors (Lipinski definition) is 0. The van der Waals surface area contributed by atoms with Crippen LogP contribution in [-0.4, -0.2) is 4.55 Å². The van der Waals surface area contributed by atoms with Crippen molar-refractivity contribution in [2.45, 2.75) is 19.6 Å². The van der Waals surface area contributed by atoms with Crippen LogP contribution in [0.1, 0.15) is 0 Å². The van der Waals surface area contributed by atoms with E-state index in [1.807, 2.05) is 72.8 Å². The summed E-state index contributed by atoms with van der Waals surface area (Å²) in [6.45, 7) is 0. The molecule has 1 unspecified atom stereocenters. The molecule has 3 rings (SSSR count). The van der Waals surface area contributed by atoms with Crippen molar-refractivity contribution in [1.29, 1.82) is 0 Å². The Kier molecular flexibility index (Phi) is 4.65. The van der Waals surface area contributed by atoms with Crippen LogP contribution in [0.5, 0.6) is 0 Å². The molecule has 1 atom stereocenters. The van der Waals surface area contributed by atoms with Crippen molar-refractivity contribution in [2.75, 3.05) is 0 Å². The van der Waals surface area contributed by atoms with Gasteiger partial charge in [-0.25, -0.2) is 0 Å². The van der Waals surface area contributed by atoms with Gasteiger partial charge in [0.2, 0.25) is 0 Å². The Hall–Kier alpha value is -1.68. The summed E-state index contributed by atoms with van der Waals surface area (Å²) in [4.78, 5) is 3.95. The highest BCUT2D eigenvalue weighted by molar-refractivity contribution is 7.99. The molecule has 104 valence electrons. The van der Waals surface area contributed by atoms with E-state index in [0.29, 0.717) is 0 Å². The van der Waals surface area contributed by atoms with E-state index >= 15 is 0 Å². The van der Waals surface area contributed by atoms with Crippen LogP contribution >= 0.6 is 11.8 Å². The van der Waals surface area contributed by atoms with Crippen LogP contribution in [0, 0.1) is 0 Å². The molecule has 0 aliphatic heterocycles. The molecule has 21 heavy (non-hydrogen) atoms. The van der Waals surface area contributed by atoms with Crippen molar-refractivity contribution in [1.82, 2.24) is 0 Å². The van der Waals surface area contributed by atoms with Gasteiger partial charge >= 0.3 is 0 Å². The van der Waals surface area contributed by atoms with Gasteiger partial charge in [0.1, 0.15) is 0 Å². The number of hydrogen-bond acceptors (Lipinski definition) is 2. The molecule has 0 N–H and O–H groups in total. The summed E-state index contributed by atoms with van der Waals surface area (Å²) in [7, 11) is 0. The summed E-state index contributed by atoms with van der Waals surface area (Å²) in [5.41, 5.74) is 0. The van der Waals surface area contributed by atoms with Crippen LogP contribution in [0.25, 0.3) is 0 Å². The molecule has 0 bridgehead atoms. The Morgan fingerprint density at radius 1 is 0.619 bits per heavy atom. The van der Waals surface area contributed by atoms with Crippen molar-refractivity contribution in [3.05, 3.63) is 84.9 Å². The Morgan fingerprint density at radius 2 is 1.19 bits per heavy atom. The third-order valence-corrected chi connectivity index (χ3v) is 5.34. The lowest BCUT2D eigenvalue weighted by Crippen LogP contribution is -2.01. The van der Waals surface area contributed by atoms with Gasteiger partial charge in [0.25, 0.3) is 0 Å². The second kappa shape index (κ2) is 6.85. The van der Waals surface area contributed by atoms with Crippen molar-refractivity contribution >= 4 is 22.9 Å². The van der Waals surface area contributed by atoms with E-state index in [-0.39, 0.29) is 0 Å². The predicted octanol–water partition coefficient (Wildman–Crippen LogP) is 5.00. The van der Waals surface area contributed by atoms with E-state index in [4.69, 9.17) is 0 Å². The van der Waals surface area contributed by atoms with Gasteiger partial charge in [-0.1, -0.05) is 54.2 Å². The maximum Gasteiger partial charge on any atom is 0.159 e. The minimum absolute atomic E-state index is 0.833. The van der Waals surface area contributed by atoms with E-state index in [2.05, 4.69) is 12.1 Å². The lowest BCUT2D eigenvalue weighted by Gasteiger charge is -2.10. The first-order valence-corrected chi connectivity index (χ1v) is 8.59. The zero-order valence-corrected chi connectivity index (χ0v) is 12.9. The average Bonchev–Trinajstić information content (AvgIpc) is 2.56. The normalized spacial score (nSPS) is 12.0. The topological polar surface area (TPSA) is 23.1 Å². The molecule has 3 aromatic carbocycles. The van der Waals surface area contributed by atoms with E-state index in [1.165, 1.54) is 4.90 Å². The SMILES string of the molecule is [O-][S+](c1ccccc1)c1cccc(Sc2ccccc2)c1. The van der Waals surface area contributed by atoms with Crippen LogP contribution in [0.15, 0.2) is 105 Å². The molecule has 0 aromatic heterocycles. The van der Waals surface area contributed by atoms with Gasteiger partial charge in [0.05, 0.1) is 0 Å². The maximum absolute atomic E-state index is 12.6. The highest BCUT2D eigenvalue weighted by Crippen LogP contribution is 2.30. The van der Waals surface area contributed by atoms with E-state index in [9.17, 15) is 4.55 Å². The monoisotopic (exact) mass is 310 g/mol. The third kappa shape index (κ3) is 3.70. The smallest absolute Gasteiger partial charge is 0.159 e. The van der Waals surface area contributed by atoms with Gasteiger partial charge in [-0.3, -0.25) is 0 Å². The fourth-order valence-corrected chi connectivity index (χ4v) is 4.04. The molecule has 0 radical (unpaired) electrons. The van der Waals surface area contributed by atoms with E-state index in [0.717, 1.165) is 14.7 Å². The summed E-state index contributed by atoms with van der Waals surface area (Å²) >= 11 is 0.552. The number of benzene rings is 3. The van der Waals surface area contributed by atoms with Crippen molar-refractivity contribution in [2.24, 2.45) is 0 Å². The highest BCUT2D eigenvalue weighted by atomic mass is 32.2. The molecule has 0 fully saturated rings. The van der Waals surface area contributed by atoms with Crippen LogP contribution in [-0.2, 0) is 11.2 Å². The van der Waals surface area contributed by atoms with Gasteiger partial charge in [0.15, 0.2) is 9.79 Å². The molecule has 3 aromatic rings. The van der Waals surface area contributed by atoms with Crippen LogP contribution in [0.4, 0.5) is 0 Å². The minimum Gasteiger partial charge on any atom is -0.606 e. The first-order valence-electron chi connectivity index (χ1n) is 6.63. The molecule has 0 saturated heterocycles. The van der Waals surface area contributed by atoms with Crippen molar-refractivity contribution < 1.29 is 4.55 Å². The Bertz CT molecular complexity index is 699. The summed E-state index contributed by atoms with van der Waals surface area (Å²) in [5.74, 6) is 0.